The lowest BCUT2D eigenvalue weighted by Crippen LogP contribution is -2.45. The highest BCUT2D eigenvalue weighted by atomic mass is 32.2. The first-order valence-electron chi connectivity index (χ1n) is 8.71. The van der Waals surface area contributed by atoms with Gasteiger partial charge in [0.25, 0.3) is 0 Å². The number of aryl methyl sites for hydroxylation is 2. The number of thioether (sulfide) groups is 1. The Morgan fingerprint density at radius 3 is 2.76 bits per heavy atom. The largest absolute Gasteiger partial charge is 0.338 e. The molecule has 1 aliphatic heterocycles. The summed E-state index contributed by atoms with van der Waals surface area (Å²) < 4.78 is 1.88. The fourth-order valence-electron chi connectivity index (χ4n) is 2.97. The number of hydrogen-bond donors (Lipinski definition) is 1. The third-order valence-corrected chi connectivity index (χ3v) is 6.06. The Morgan fingerprint density at radius 2 is 2.08 bits per heavy atom. The molecule has 1 fully saturated rings. The van der Waals surface area contributed by atoms with E-state index in [4.69, 9.17) is 0 Å². The van der Waals surface area contributed by atoms with Crippen molar-refractivity contribution in [3.63, 3.8) is 0 Å². The van der Waals surface area contributed by atoms with E-state index in [-0.39, 0.29) is 6.03 Å². The Balaban J connectivity index is 1.40. The maximum atomic E-state index is 12.3. The topological polar surface area (TPSA) is 63.1 Å². The number of nitrogens with one attached hydrogen (secondary N) is 1. The molecule has 2 heterocycles. The van der Waals surface area contributed by atoms with Crippen LogP contribution in [-0.4, -0.2) is 50.6 Å². The Hall–Kier alpha value is -2.02. The Kier molecular flexibility index (Phi) is 5.96. The average molecular weight is 359 g/mol. The van der Waals surface area contributed by atoms with Gasteiger partial charge in [-0.05, 0) is 31.4 Å². The molecule has 0 radical (unpaired) electrons. The Morgan fingerprint density at radius 1 is 1.32 bits per heavy atom. The van der Waals surface area contributed by atoms with Gasteiger partial charge in [0.05, 0.1) is 0 Å². The summed E-state index contributed by atoms with van der Waals surface area (Å²) in [7, 11) is 1.91. The normalized spacial score (nSPS) is 15.4. The van der Waals surface area contributed by atoms with E-state index < -0.39 is 0 Å². The van der Waals surface area contributed by atoms with Crippen molar-refractivity contribution in [3.05, 3.63) is 42.0 Å². The highest BCUT2D eigenvalue weighted by Crippen LogP contribution is 2.32. The Bertz CT molecular complexity index is 709. The van der Waals surface area contributed by atoms with E-state index in [1.807, 2.05) is 28.3 Å². The van der Waals surface area contributed by atoms with Crippen LogP contribution in [0.25, 0.3) is 0 Å². The number of aromatic nitrogens is 3. The summed E-state index contributed by atoms with van der Waals surface area (Å²) in [4.78, 5) is 15.6. The van der Waals surface area contributed by atoms with Crippen LogP contribution in [0.5, 0.6) is 0 Å². The third-order valence-electron chi connectivity index (χ3n) is 4.55. The molecule has 1 N–H and O–H groups in total. The number of benzene rings is 1. The van der Waals surface area contributed by atoms with E-state index in [1.54, 1.807) is 6.33 Å². The molecule has 0 atom stereocenters. The second-order valence-corrected chi connectivity index (χ2v) is 7.75. The first-order chi connectivity index (χ1) is 12.1. The number of likely N-dealkylation sites (tertiary alicyclic amines) is 1. The molecule has 25 heavy (non-hydrogen) atoms. The molecule has 134 valence electrons. The maximum absolute atomic E-state index is 12.3. The lowest BCUT2D eigenvalue weighted by atomic mass is 10.1. The molecule has 0 spiro atoms. The van der Waals surface area contributed by atoms with Gasteiger partial charge >= 0.3 is 6.03 Å². The second kappa shape index (κ2) is 8.38. The minimum absolute atomic E-state index is 0.0292. The van der Waals surface area contributed by atoms with Gasteiger partial charge in [0.1, 0.15) is 12.2 Å². The smallest absolute Gasteiger partial charge is 0.317 e. The van der Waals surface area contributed by atoms with Gasteiger partial charge in [-0.3, -0.25) is 0 Å². The second-order valence-electron chi connectivity index (χ2n) is 6.41. The van der Waals surface area contributed by atoms with Gasteiger partial charge in [-0.25, -0.2) is 4.79 Å². The van der Waals surface area contributed by atoms with E-state index >= 15 is 0 Å². The molecule has 1 saturated heterocycles. The van der Waals surface area contributed by atoms with Crippen LogP contribution in [0.15, 0.2) is 35.5 Å². The number of amides is 2. The molecule has 1 aromatic heterocycles. The van der Waals surface area contributed by atoms with Crippen molar-refractivity contribution in [3.8, 4) is 0 Å². The van der Waals surface area contributed by atoms with Gasteiger partial charge in [-0.15, -0.1) is 22.0 Å². The summed E-state index contributed by atoms with van der Waals surface area (Å²) >= 11 is 1.95. The summed E-state index contributed by atoms with van der Waals surface area (Å²) in [5.74, 6) is 0.883. The van der Waals surface area contributed by atoms with Crippen molar-refractivity contribution < 1.29 is 4.79 Å². The number of carbonyl (C=O) groups is 1. The lowest BCUT2D eigenvalue weighted by Gasteiger charge is -2.32. The monoisotopic (exact) mass is 359 g/mol. The molecule has 3 rings (SSSR count). The van der Waals surface area contributed by atoms with Crippen LogP contribution in [-0.2, 0) is 13.5 Å². The maximum Gasteiger partial charge on any atom is 0.317 e. The standard InChI is InChI=1S/C18H25N5OS/c1-14-5-3-4-6-16(14)25-15-8-11-23(12-9-15)18(24)19-10-7-17-21-20-13-22(17)2/h3-6,13,15H,7-12H2,1-2H3,(H,19,24). The van der Waals surface area contributed by atoms with Crippen molar-refractivity contribution in [1.29, 1.82) is 0 Å². The summed E-state index contributed by atoms with van der Waals surface area (Å²) in [5.41, 5.74) is 1.33. The van der Waals surface area contributed by atoms with Gasteiger partial charge in [0.2, 0.25) is 0 Å². The molecule has 6 nitrogen and oxygen atoms in total. The zero-order chi connectivity index (χ0) is 17.6. The van der Waals surface area contributed by atoms with Crippen molar-refractivity contribution in [2.75, 3.05) is 19.6 Å². The van der Waals surface area contributed by atoms with Gasteiger partial charge in [-0.1, -0.05) is 18.2 Å². The highest BCUT2D eigenvalue weighted by molar-refractivity contribution is 8.00. The number of piperidine rings is 1. The van der Waals surface area contributed by atoms with Crippen molar-refractivity contribution in [1.82, 2.24) is 25.0 Å². The van der Waals surface area contributed by atoms with Gasteiger partial charge < -0.3 is 14.8 Å². The first-order valence-corrected chi connectivity index (χ1v) is 9.59. The minimum Gasteiger partial charge on any atom is -0.338 e. The molecule has 0 unspecified atom stereocenters. The van der Waals surface area contributed by atoms with E-state index in [2.05, 4.69) is 46.7 Å². The molecule has 2 amide bonds. The fraction of sp³-hybridized carbons (Fsp3) is 0.500. The number of urea groups is 1. The van der Waals surface area contributed by atoms with E-state index in [9.17, 15) is 4.79 Å². The third kappa shape index (κ3) is 4.75. The van der Waals surface area contributed by atoms with Crippen LogP contribution in [0.3, 0.4) is 0 Å². The van der Waals surface area contributed by atoms with E-state index in [1.165, 1.54) is 10.5 Å². The van der Waals surface area contributed by atoms with Crippen LogP contribution in [0.4, 0.5) is 4.79 Å². The van der Waals surface area contributed by atoms with Crippen molar-refractivity contribution in [2.24, 2.45) is 7.05 Å². The average Bonchev–Trinajstić information content (AvgIpc) is 3.02. The van der Waals surface area contributed by atoms with Gasteiger partial charge in [0, 0.05) is 43.2 Å². The number of nitrogens with zero attached hydrogens (tertiary/aromatic N) is 4. The van der Waals surface area contributed by atoms with Crippen LogP contribution < -0.4 is 5.32 Å². The van der Waals surface area contributed by atoms with E-state index in [0.29, 0.717) is 18.2 Å². The first kappa shape index (κ1) is 17.8. The van der Waals surface area contributed by atoms with E-state index in [0.717, 1.165) is 31.8 Å². The van der Waals surface area contributed by atoms with Crippen LogP contribution >= 0.6 is 11.8 Å². The van der Waals surface area contributed by atoms with Crippen molar-refractivity contribution in [2.45, 2.75) is 36.3 Å². The predicted octanol–water partition coefficient (Wildman–Crippen LogP) is 2.63. The highest BCUT2D eigenvalue weighted by Gasteiger charge is 2.23. The molecule has 0 bridgehead atoms. The zero-order valence-corrected chi connectivity index (χ0v) is 15.6. The molecule has 0 aliphatic carbocycles. The summed E-state index contributed by atoms with van der Waals surface area (Å²) in [6.07, 6.45) is 4.45. The fourth-order valence-corrected chi connectivity index (χ4v) is 4.19. The van der Waals surface area contributed by atoms with Crippen LogP contribution in [0.2, 0.25) is 0 Å². The number of rotatable bonds is 5. The predicted molar refractivity (Wildman–Crippen MR) is 99.7 cm³/mol. The molecule has 1 aromatic carbocycles. The van der Waals surface area contributed by atoms with Crippen LogP contribution in [0.1, 0.15) is 24.2 Å². The molecular formula is C18H25N5OS. The number of hydrogen-bond acceptors (Lipinski definition) is 4. The van der Waals surface area contributed by atoms with Gasteiger partial charge in [0.15, 0.2) is 0 Å². The van der Waals surface area contributed by atoms with Crippen LogP contribution in [0, 0.1) is 6.92 Å². The molecule has 7 heteroatoms. The quantitative estimate of drug-likeness (QED) is 0.891. The van der Waals surface area contributed by atoms with Gasteiger partial charge in [-0.2, -0.15) is 0 Å². The summed E-state index contributed by atoms with van der Waals surface area (Å²) in [5, 5.41) is 11.5. The number of carbonyl (C=O) groups excluding carboxylic acids is 1. The molecular weight excluding hydrogens is 334 g/mol. The molecule has 0 saturated carbocycles. The summed E-state index contributed by atoms with van der Waals surface area (Å²) in [6.45, 7) is 4.38. The minimum atomic E-state index is 0.0292. The van der Waals surface area contributed by atoms with Crippen molar-refractivity contribution >= 4 is 17.8 Å². The molecule has 1 aliphatic rings. The SMILES string of the molecule is Cc1ccccc1SC1CCN(C(=O)NCCc2nncn2C)CC1. The summed E-state index contributed by atoms with van der Waals surface area (Å²) in [6, 6.07) is 8.54. The zero-order valence-electron chi connectivity index (χ0n) is 14.8. The molecule has 2 aromatic rings. The Labute approximate surface area is 153 Å². The lowest BCUT2D eigenvalue weighted by molar-refractivity contribution is 0.188.